The molecule has 0 aliphatic carbocycles. The molecule has 0 saturated heterocycles. The number of hydrogen-bond acceptors (Lipinski definition) is 3. The van der Waals surface area contributed by atoms with Crippen molar-refractivity contribution in [3.8, 4) is 16.9 Å². The molecule has 2 aromatic carbocycles. The molecule has 1 aliphatic rings. The van der Waals surface area contributed by atoms with Gasteiger partial charge in [0.1, 0.15) is 0 Å². The molecule has 0 bridgehead atoms. The molecule has 25 heavy (non-hydrogen) atoms. The molecular formula is C14H3F8NO2. The number of esters is 1. The fourth-order valence-corrected chi connectivity index (χ4v) is 2.23. The van der Waals surface area contributed by atoms with Crippen LogP contribution in [0.2, 0.25) is 0 Å². The van der Waals surface area contributed by atoms with Gasteiger partial charge in [-0.1, -0.05) is 4.48 Å². The number of alkyl halides is 1. The predicted octanol–water partition coefficient (Wildman–Crippen LogP) is 4.09. The van der Waals surface area contributed by atoms with Crippen molar-refractivity contribution < 1.29 is 44.7 Å². The third-order valence-electron chi connectivity index (χ3n) is 3.38. The highest BCUT2D eigenvalue weighted by molar-refractivity contribution is 5.87. The average Bonchev–Trinajstić information content (AvgIpc) is 2.58. The van der Waals surface area contributed by atoms with Gasteiger partial charge in [-0.3, -0.25) is 0 Å². The summed E-state index contributed by atoms with van der Waals surface area (Å²) in [6, 6.07) is 1.11. The first-order valence-electron chi connectivity index (χ1n) is 6.31. The van der Waals surface area contributed by atoms with Crippen LogP contribution in [0, 0.1) is 34.9 Å². The van der Waals surface area contributed by atoms with Crippen LogP contribution in [-0.4, -0.2) is 12.3 Å². The Morgan fingerprint density at radius 1 is 0.840 bits per heavy atom. The fraction of sp³-hybridized carbons (Fsp3) is 0.0714. The van der Waals surface area contributed by atoms with Crippen LogP contribution in [0.25, 0.3) is 11.1 Å². The third kappa shape index (κ3) is 2.29. The number of halogens is 8. The highest BCUT2D eigenvalue weighted by Crippen LogP contribution is 2.43. The second kappa shape index (κ2) is 5.60. The molecule has 2 aromatic rings. The molecule has 1 aliphatic heterocycles. The average molecular weight is 369 g/mol. The normalized spacial score (nSPS) is 16.7. The van der Waals surface area contributed by atoms with Crippen molar-refractivity contribution in [3.05, 3.63) is 47.0 Å². The van der Waals surface area contributed by atoms with Gasteiger partial charge in [0.25, 0.3) is 6.30 Å². The molecule has 0 saturated carbocycles. The van der Waals surface area contributed by atoms with E-state index in [0.29, 0.717) is 12.1 Å². The highest BCUT2D eigenvalue weighted by Gasteiger charge is 2.40. The Kier molecular flexibility index (Phi) is 3.81. The number of rotatable bonds is 1. The monoisotopic (exact) mass is 369 g/mol. The molecule has 0 amide bonds. The molecule has 1 heterocycles. The van der Waals surface area contributed by atoms with Crippen molar-refractivity contribution >= 4 is 11.7 Å². The summed E-state index contributed by atoms with van der Waals surface area (Å²) < 4.78 is 113. The van der Waals surface area contributed by atoms with Gasteiger partial charge in [-0.2, -0.15) is 5.12 Å². The minimum Gasteiger partial charge on any atom is -0.420 e. The lowest BCUT2D eigenvalue weighted by atomic mass is 10.0. The van der Waals surface area contributed by atoms with Crippen molar-refractivity contribution in [2.75, 3.05) is 5.12 Å². The lowest BCUT2D eigenvalue weighted by Crippen LogP contribution is -2.39. The van der Waals surface area contributed by atoms with E-state index in [1.807, 2.05) is 0 Å². The summed E-state index contributed by atoms with van der Waals surface area (Å²) in [5.74, 6) is -16.4. The van der Waals surface area contributed by atoms with Gasteiger partial charge in [0, 0.05) is 5.56 Å². The van der Waals surface area contributed by atoms with E-state index in [1.165, 1.54) is 0 Å². The van der Waals surface area contributed by atoms with E-state index in [1.54, 1.807) is 0 Å². The molecule has 0 spiro atoms. The Morgan fingerprint density at radius 3 is 1.92 bits per heavy atom. The number of benzene rings is 2. The maximum absolute atomic E-state index is 14.4. The Morgan fingerprint density at radius 2 is 1.36 bits per heavy atom. The minimum atomic E-state index is -3.08. The lowest BCUT2D eigenvalue weighted by molar-refractivity contribution is -0.142. The molecule has 1 unspecified atom stereocenters. The van der Waals surface area contributed by atoms with Gasteiger partial charge in [0.2, 0.25) is 5.82 Å². The second-order valence-corrected chi connectivity index (χ2v) is 4.79. The van der Waals surface area contributed by atoms with Crippen LogP contribution in [0.4, 0.5) is 40.9 Å². The van der Waals surface area contributed by atoms with Crippen LogP contribution in [0.1, 0.15) is 0 Å². The first-order chi connectivity index (χ1) is 11.7. The minimum absolute atomic E-state index is 0.492. The topological polar surface area (TPSA) is 29.5 Å². The van der Waals surface area contributed by atoms with Crippen molar-refractivity contribution in [1.29, 1.82) is 0 Å². The van der Waals surface area contributed by atoms with Crippen LogP contribution in [0.3, 0.4) is 0 Å². The third-order valence-corrected chi connectivity index (χ3v) is 3.38. The van der Waals surface area contributed by atoms with Gasteiger partial charge in [-0.05, 0) is 12.1 Å². The molecule has 11 heteroatoms. The maximum Gasteiger partial charge on any atom is 0.369 e. The van der Waals surface area contributed by atoms with Crippen molar-refractivity contribution in [3.63, 3.8) is 0 Å². The Bertz CT molecular complexity index is 887. The van der Waals surface area contributed by atoms with Gasteiger partial charge < -0.3 is 4.74 Å². The summed E-state index contributed by atoms with van der Waals surface area (Å²) in [5, 5.41) is -1.02. The standard InChI is InChI=1S/C14H3F8NO2/c15-6-3(5-7(16)9(18)11(20)10(19)8(5)17)1-2-4-12(6)23(22)13(21)14(24)25-4/h1-2,13H. The molecule has 132 valence electrons. The van der Waals surface area contributed by atoms with E-state index in [2.05, 4.69) is 4.74 Å². The summed E-state index contributed by atoms with van der Waals surface area (Å²) in [5.41, 5.74) is -4.30. The van der Waals surface area contributed by atoms with E-state index >= 15 is 0 Å². The smallest absolute Gasteiger partial charge is 0.369 e. The zero-order valence-electron chi connectivity index (χ0n) is 11.5. The Labute approximate surface area is 133 Å². The van der Waals surface area contributed by atoms with Gasteiger partial charge in [-0.15, -0.1) is 0 Å². The Hall–Kier alpha value is -2.85. The predicted molar refractivity (Wildman–Crippen MR) is 65.7 cm³/mol. The molecular weight excluding hydrogens is 366 g/mol. The molecule has 0 fully saturated rings. The number of ether oxygens (including phenoxy) is 1. The van der Waals surface area contributed by atoms with E-state index in [0.717, 1.165) is 0 Å². The number of carbonyl (C=O) groups excluding carboxylic acids is 1. The molecule has 3 rings (SSSR count). The second-order valence-electron chi connectivity index (χ2n) is 4.79. The molecule has 0 N–H and O–H groups in total. The van der Waals surface area contributed by atoms with E-state index in [-0.39, 0.29) is 0 Å². The van der Waals surface area contributed by atoms with Gasteiger partial charge in [-0.25, -0.2) is 35.5 Å². The van der Waals surface area contributed by atoms with Crippen LogP contribution in [0.15, 0.2) is 12.1 Å². The van der Waals surface area contributed by atoms with Gasteiger partial charge in [0.05, 0.1) is 5.56 Å². The van der Waals surface area contributed by atoms with Crippen molar-refractivity contribution in [2.45, 2.75) is 6.30 Å². The zero-order valence-corrected chi connectivity index (χ0v) is 11.5. The van der Waals surface area contributed by atoms with Gasteiger partial charge in [0.15, 0.2) is 40.5 Å². The number of carbonyl (C=O) groups is 1. The first kappa shape index (κ1) is 17.0. The van der Waals surface area contributed by atoms with Crippen LogP contribution >= 0.6 is 0 Å². The quantitative estimate of drug-likeness (QED) is 0.144. The van der Waals surface area contributed by atoms with Crippen LogP contribution < -0.4 is 9.86 Å². The molecule has 3 nitrogen and oxygen atoms in total. The van der Waals surface area contributed by atoms with Crippen LogP contribution in [-0.2, 0) is 4.79 Å². The molecule has 1 atom stereocenters. The summed E-state index contributed by atoms with van der Waals surface area (Å²) >= 11 is 0. The SMILES string of the molecule is O=C1Oc2ccc(-c3c(F)c(F)c(F)c(F)c3F)c(F)c2N(F)C1F. The summed E-state index contributed by atoms with van der Waals surface area (Å²) in [6.45, 7) is 0. The van der Waals surface area contributed by atoms with Crippen molar-refractivity contribution in [2.24, 2.45) is 0 Å². The first-order valence-corrected chi connectivity index (χ1v) is 6.31. The summed E-state index contributed by atoms with van der Waals surface area (Å²) in [4.78, 5) is 11.0. The number of nitrogens with zero attached hydrogens (tertiary/aromatic N) is 1. The van der Waals surface area contributed by atoms with Gasteiger partial charge >= 0.3 is 5.97 Å². The number of fused-ring (bicyclic) bond motifs is 1. The largest absolute Gasteiger partial charge is 0.420 e. The number of anilines is 1. The summed E-state index contributed by atoms with van der Waals surface area (Å²) in [7, 11) is 0. The zero-order chi connectivity index (χ0) is 18.6. The molecule has 0 aromatic heterocycles. The lowest BCUT2D eigenvalue weighted by Gasteiger charge is -2.26. The highest BCUT2D eigenvalue weighted by atomic mass is 19.2. The van der Waals surface area contributed by atoms with E-state index in [9.17, 15) is 40.0 Å². The van der Waals surface area contributed by atoms with Crippen LogP contribution in [0.5, 0.6) is 5.75 Å². The fourth-order valence-electron chi connectivity index (χ4n) is 2.23. The Balaban J connectivity index is 2.31. The van der Waals surface area contributed by atoms with E-state index in [4.69, 9.17) is 0 Å². The summed E-state index contributed by atoms with van der Waals surface area (Å²) in [6.07, 6.45) is -3.08. The maximum atomic E-state index is 14.4. The molecule has 0 radical (unpaired) electrons. The number of hydrogen-bond donors (Lipinski definition) is 0. The van der Waals surface area contributed by atoms with Crippen molar-refractivity contribution in [1.82, 2.24) is 0 Å². The van der Waals surface area contributed by atoms with E-state index < -0.39 is 74.9 Å².